The Bertz CT molecular complexity index is 884. The Hall–Kier alpha value is -2.57. The van der Waals surface area contributed by atoms with Crippen molar-refractivity contribution in [3.8, 4) is 0 Å². The first kappa shape index (κ1) is 20.7. The molecule has 6 heteroatoms. The van der Waals surface area contributed by atoms with Gasteiger partial charge >= 0.3 is 0 Å². The van der Waals surface area contributed by atoms with Crippen molar-refractivity contribution in [1.29, 1.82) is 0 Å². The van der Waals surface area contributed by atoms with Crippen molar-refractivity contribution < 1.29 is 9.80 Å². The second-order valence-corrected chi connectivity index (χ2v) is 8.79. The van der Waals surface area contributed by atoms with E-state index in [1.165, 1.54) is 24.2 Å². The molecule has 0 spiro atoms. The molecule has 0 amide bonds. The van der Waals surface area contributed by atoms with Gasteiger partial charge in [0, 0.05) is 18.0 Å². The van der Waals surface area contributed by atoms with Crippen LogP contribution in [0.4, 0.5) is 0 Å². The number of rotatable bonds is 8. The number of nitrogens with one attached hydrogen (secondary N) is 2. The topological polar surface area (TPSA) is 52.5 Å². The zero-order valence-electron chi connectivity index (χ0n) is 18.2. The average Bonchev–Trinajstić information content (AvgIpc) is 3.23. The fourth-order valence-electron chi connectivity index (χ4n) is 4.72. The molecule has 1 aliphatic heterocycles. The van der Waals surface area contributed by atoms with Crippen LogP contribution in [0.3, 0.4) is 0 Å². The van der Waals surface area contributed by atoms with Crippen molar-refractivity contribution in [2.45, 2.75) is 39.4 Å². The van der Waals surface area contributed by atoms with Crippen molar-refractivity contribution in [2.24, 2.45) is 5.92 Å². The molecule has 1 saturated heterocycles. The molecule has 0 aliphatic carbocycles. The lowest BCUT2D eigenvalue weighted by Crippen LogP contribution is -3.27. The molecule has 4 rings (SSSR count). The third-order valence-corrected chi connectivity index (χ3v) is 6.30. The van der Waals surface area contributed by atoms with Gasteiger partial charge in [-0.05, 0) is 22.4 Å². The van der Waals surface area contributed by atoms with Gasteiger partial charge in [0.25, 0.3) is 0 Å². The Labute approximate surface area is 179 Å². The summed E-state index contributed by atoms with van der Waals surface area (Å²) in [6, 6.07) is 21.8. The van der Waals surface area contributed by atoms with Gasteiger partial charge in [0.15, 0.2) is 6.04 Å². The third-order valence-electron chi connectivity index (χ3n) is 6.30. The van der Waals surface area contributed by atoms with Crippen molar-refractivity contribution in [3.63, 3.8) is 0 Å². The van der Waals surface area contributed by atoms with Crippen molar-refractivity contribution in [3.05, 3.63) is 77.6 Å². The van der Waals surface area contributed by atoms with Gasteiger partial charge in [-0.2, -0.15) is 0 Å². The lowest BCUT2D eigenvalue weighted by Gasteiger charge is -2.35. The smallest absolute Gasteiger partial charge is 0.209 e. The quantitative estimate of drug-likeness (QED) is 0.576. The van der Waals surface area contributed by atoms with Crippen LogP contribution in [0.1, 0.15) is 36.8 Å². The highest BCUT2D eigenvalue weighted by Gasteiger charge is 2.36. The van der Waals surface area contributed by atoms with E-state index in [0.29, 0.717) is 12.0 Å². The molecule has 2 N–H and O–H groups in total. The van der Waals surface area contributed by atoms with Gasteiger partial charge in [-0.15, -0.1) is 5.10 Å². The summed E-state index contributed by atoms with van der Waals surface area (Å²) in [6.07, 6.45) is 0.952. The molecule has 1 aliphatic rings. The number of aromatic nitrogens is 4. The van der Waals surface area contributed by atoms with Crippen LogP contribution in [0.25, 0.3) is 0 Å². The van der Waals surface area contributed by atoms with Gasteiger partial charge in [-0.1, -0.05) is 74.5 Å². The highest BCUT2D eigenvalue weighted by molar-refractivity contribution is 5.15. The number of piperazine rings is 1. The first-order valence-corrected chi connectivity index (χ1v) is 11.2. The molecular formula is C24H34N6+2. The van der Waals surface area contributed by atoms with E-state index in [9.17, 15) is 0 Å². The van der Waals surface area contributed by atoms with E-state index >= 15 is 0 Å². The number of hydrogen-bond acceptors (Lipinski definition) is 3. The molecular weight excluding hydrogens is 372 g/mol. The Kier molecular flexibility index (Phi) is 6.87. The number of benzene rings is 2. The molecule has 1 aromatic heterocycles. The summed E-state index contributed by atoms with van der Waals surface area (Å²) < 4.78 is 2.04. The normalized spacial score (nSPS) is 20.4. The van der Waals surface area contributed by atoms with Gasteiger partial charge in [-0.3, -0.25) is 0 Å². The van der Waals surface area contributed by atoms with Crippen LogP contribution in [0.2, 0.25) is 0 Å². The van der Waals surface area contributed by atoms with E-state index in [1.54, 1.807) is 9.80 Å². The molecule has 3 aromatic rings. The summed E-state index contributed by atoms with van der Waals surface area (Å²) in [4.78, 5) is 3.30. The van der Waals surface area contributed by atoms with E-state index in [4.69, 9.17) is 0 Å². The fraction of sp³-hybridized carbons (Fsp3) is 0.458. The fourth-order valence-corrected chi connectivity index (χ4v) is 4.72. The number of quaternary nitrogens is 2. The summed E-state index contributed by atoms with van der Waals surface area (Å²) in [6.45, 7) is 11.3. The van der Waals surface area contributed by atoms with Crippen LogP contribution < -0.4 is 9.80 Å². The van der Waals surface area contributed by atoms with E-state index in [-0.39, 0.29) is 0 Å². The largest absolute Gasteiger partial charge is 0.322 e. The Balaban J connectivity index is 1.39. The predicted molar refractivity (Wildman–Crippen MR) is 117 cm³/mol. The van der Waals surface area contributed by atoms with E-state index in [1.807, 2.05) is 4.68 Å². The Morgan fingerprint density at radius 2 is 1.50 bits per heavy atom. The predicted octanol–water partition coefficient (Wildman–Crippen LogP) is 0.597. The number of hydrogen-bond donors (Lipinski definition) is 2. The summed E-state index contributed by atoms with van der Waals surface area (Å²) in [5.74, 6) is 1.54. The molecule has 0 bridgehead atoms. The molecule has 30 heavy (non-hydrogen) atoms. The van der Waals surface area contributed by atoms with Crippen molar-refractivity contribution in [2.75, 3.05) is 26.2 Å². The maximum atomic E-state index is 4.49. The van der Waals surface area contributed by atoms with Crippen LogP contribution in [0, 0.1) is 5.92 Å². The van der Waals surface area contributed by atoms with Crippen LogP contribution in [-0.2, 0) is 19.5 Å². The third kappa shape index (κ3) is 5.12. The SMILES string of the molecule is CC(C)[C@@H](c1nnnn1CCc1ccccc1)[NH+]1CC[NH+](Cc2ccccc2)CC1. The summed E-state index contributed by atoms with van der Waals surface area (Å²) in [5.41, 5.74) is 2.76. The van der Waals surface area contributed by atoms with Crippen molar-refractivity contribution >= 4 is 0 Å². The minimum Gasteiger partial charge on any atom is -0.322 e. The number of tetrazole rings is 1. The van der Waals surface area contributed by atoms with Gasteiger partial charge in [0.05, 0.1) is 0 Å². The second-order valence-electron chi connectivity index (χ2n) is 8.79. The van der Waals surface area contributed by atoms with E-state index in [0.717, 1.165) is 38.4 Å². The Morgan fingerprint density at radius 3 is 2.13 bits per heavy atom. The highest BCUT2D eigenvalue weighted by Crippen LogP contribution is 2.16. The molecule has 1 atom stereocenters. The summed E-state index contributed by atoms with van der Waals surface area (Å²) >= 11 is 0. The maximum Gasteiger partial charge on any atom is 0.209 e. The number of aryl methyl sites for hydroxylation is 2. The molecule has 6 nitrogen and oxygen atoms in total. The van der Waals surface area contributed by atoms with Crippen LogP contribution in [0.15, 0.2) is 60.7 Å². The van der Waals surface area contributed by atoms with E-state index in [2.05, 4.69) is 90.0 Å². The van der Waals surface area contributed by atoms with Crippen LogP contribution in [-0.4, -0.2) is 46.4 Å². The Morgan fingerprint density at radius 1 is 0.867 bits per heavy atom. The minimum atomic E-state index is 0.342. The maximum absolute atomic E-state index is 4.49. The van der Waals surface area contributed by atoms with Gasteiger partial charge in [-0.25, -0.2) is 4.68 Å². The summed E-state index contributed by atoms with van der Waals surface area (Å²) in [7, 11) is 0. The number of nitrogens with zero attached hydrogens (tertiary/aromatic N) is 4. The molecule has 0 unspecified atom stereocenters. The van der Waals surface area contributed by atoms with Crippen LogP contribution in [0.5, 0.6) is 0 Å². The molecule has 0 saturated carbocycles. The van der Waals surface area contributed by atoms with Gasteiger partial charge in [0.1, 0.15) is 32.7 Å². The van der Waals surface area contributed by atoms with Crippen LogP contribution >= 0.6 is 0 Å². The lowest BCUT2D eigenvalue weighted by atomic mass is 10.0. The van der Waals surface area contributed by atoms with Crippen molar-refractivity contribution in [1.82, 2.24) is 20.2 Å². The first-order valence-electron chi connectivity index (χ1n) is 11.2. The van der Waals surface area contributed by atoms with Gasteiger partial charge < -0.3 is 9.80 Å². The van der Waals surface area contributed by atoms with E-state index < -0.39 is 0 Å². The zero-order chi connectivity index (χ0) is 20.8. The molecule has 2 aromatic carbocycles. The zero-order valence-corrected chi connectivity index (χ0v) is 18.2. The second kappa shape index (κ2) is 9.96. The summed E-state index contributed by atoms with van der Waals surface area (Å²) in [5, 5.41) is 12.9. The highest BCUT2D eigenvalue weighted by atomic mass is 15.6. The van der Waals surface area contributed by atoms with Gasteiger partial charge in [0.2, 0.25) is 5.82 Å². The monoisotopic (exact) mass is 406 g/mol. The lowest BCUT2D eigenvalue weighted by molar-refractivity contribution is -1.03. The molecule has 2 heterocycles. The molecule has 158 valence electrons. The molecule has 1 fully saturated rings. The first-order chi connectivity index (χ1) is 14.7. The minimum absolute atomic E-state index is 0.342. The average molecular weight is 407 g/mol. The standard InChI is InChI=1S/C24H32N6/c1-20(2)23(24-25-26-27-30(24)14-13-21-9-5-3-6-10-21)29-17-15-28(16-18-29)19-22-11-7-4-8-12-22/h3-12,20,23H,13-19H2,1-2H3/p+2/t23-/m0/s1. The molecule has 0 radical (unpaired) electrons.